The van der Waals surface area contributed by atoms with Gasteiger partial charge in [0.15, 0.2) is 0 Å². The number of aryl methyl sites for hydroxylation is 1. The largest absolute Gasteiger partial charge is 0.376 e. The molecular weight excluding hydrogens is 206 g/mol. The van der Waals surface area contributed by atoms with E-state index < -0.39 is 0 Å². The Bertz CT molecular complexity index is 286. The topological polar surface area (TPSA) is 35.2 Å². The van der Waals surface area contributed by atoms with Crippen LogP contribution in [0.3, 0.4) is 0 Å². The monoisotopic (exact) mass is 225 g/mol. The normalized spacial score (nSPS) is 28.1. The summed E-state index contributed by atoms with van der Waals surface area (Å²) < 4.78 is 5.67. The molecule has 1 aromatic rings. The van der Waals surface area contributed by atoms with Gasteiger partial charge in [-0.3, -0.25) is 0 Å². The predicted molar refractivity (Wildman–Crippen MR) is 64.1 cm³/mol. The molecule has 84 valence electrons. The lowest BCUT2D eigenvalue weighted by atomic mass is 9.94. The van der Waals surface area contributed by atoms with Crippen molar-refractivity contribution < 1.29 is 4.74 Å². The molecule has 0 aromatic carbocycles. The molecule has 0 aliphatic carbocycles. The van der Waals surface area contributed by atoms with Gasteiger partial charge in [0, 0.05) is 12.6 Å². The van der Waals surface area contributed by atoms with Crippen LogP contribution < -0.4 is 5.73 Å². The molecule has 0 spiro atoms. The molecule has 2 heterocycles. The zero-order valence-corrected chi connectivity index (χ0v) is 10.0. The van der Waals surface area contributed by atoms with Crippen molar-refractivity contribution in [1.82, 2.24) is 0 Å². The van der Waals surface area contributed by atoms with E-state index in [9.17, 15) is 0 Å². The van der Waals surface area contributed by atoms with Gasteiger partial charge in [0.2, 0.25) is 0 Å². The molecule has 1 aromatic heterocycles. The highest BCUT2D eigenvalue weighted by Crippen LogP contribution is 2.24. The second-order valence-corrected chi connectivity index (χ2v) is 5.22. The van der Waals surface area contributed by atoms with Crippen LogP contribution in [0.15, 0.2) is 16.8 Å². The van der Waals surface area contributed by atoms with Crippen molar-refractivity contribution in [3.63, 3.8) is 0 Å². The minimum absolute atomic E-state index is 0.197. The first-order valence-electron chi connectivity index (χ1n) is 5.65. The second kappa shape index (κ2) is 5.10. The van der Waals surface area contributed by atoms with Crippen molar-refractivity contribution in [3.05, 3.63) is 22.4 Å². The van der Waals surface area contributed by atoms with E-state index in [-0.39, 0.29) is 12.1 Å². The van der Waals surface area contributed by atoms with Gasteiger partial charge in [-0.15, -0.1) is 0 Å². The van der Waals surface area contributed by atoms with Crippen LogP contribution in [0.5, 0.6) is 0 Å². The third kappa shape index (κ3) is 2.80. The summed E-state index contributed by atoms with van der Waals surface area (Å²) in [5.74, 6) is 0.627. The number of thiophene rings is 1. The minimum atomic E-state index is 0.197. The lowest BCUT2D eigenvalue weighted by Crippen LogP contribution is -2.38. The Morgan fingerprint density at radius 2 is 2.53 bits per heavy atom. The molecule has 3 atom stereocenters. The summed E-state index contributed by atoms with van der Waals surface area (Å²) in [4.78, 5) is 0. The van der Waals surface area contributed by atoms with E-state index in [1.165, 1.54) is 5.56 Å². The number of ether oxygens (including phenoxy) is 1. The molecule has 1 saturated heterocycles. The maximum absolute atomic E-state index is 6.16. The molecular formula is C12H19NOS. The summed E-state index contributed by atoms with van der Waals surface area (Å²) in [5, 5.41) is 4.32. The van der Waals surface area contributed by atoms with Crippen LogP contribution in [-0.4, -0.2) is 18.8 Å². The molecule has 1 fully saturated rings. The van der Waals surface area contributed by atoms with Crippen LogP contribution >= 0.6 is 11.3 Å². The molecule has 2 rings (SSSR count). The SMILES string of the molecule is CC1CCOC1C(N)CCc1ccsc1. The van der Waals surface area contributed by atoms with Crippen molar-refractivity contribution in [3.8, 4) is 0 Å². The van der Waals surface area contributed by atoms with Gasteiger partial charge in [-0.1, -0.05) is 6.92 Å². The smallest absolute Gasteiger partial charge is 0.0752 e. The molecule has 15 heavy (non-hydrogen) atoms. The van der Waals surface area contributed by atoms with E-state index in [4.69, 9.17) is 10.5 Å². The quantitative estimate of drug-likeness (QED) is 0.854. The van der Waals surface area contributed by atoms with Crippen molar-refractivity contribution in [2.45, 2.75) is 38.3 Å². The van der Waals surface area contributed by atoms with Crippen molar-refractivity contribution >= 4 is 11.3 Å². The third-order valence-corrected chi connectivity index (χ3v) is 3.94. The Morgan fingerprint density at radius 3 is 3.13 bits per heavy atom. The van der Waals surface area contributed by atoms with E-state index in [1.54, 1.807) is 11.3 Å². The highest BCUT2D eigenvalue weighted by molar-refractivity contribution is 7.07. The lowest BCUT2D eigenvalue weighted by molar-refractivity contribution is 0.0703. The average molecular weight is 225 g/mol. The van der Waals surface area contributed by atoms with Crippen LogP contribution in [0.4, 0.5) is 0 Å². The number of nitrogens with two attached hydrogens (primary N) is 1. The van der Waals surface area contributed by atoms with Crippen LogP contribution in [0, 0.1) is 5.92 Å². The fourth-order valence-corrected chi connectivity index (χ4v) is 2.90. The fourth-order valence-electron chi connectivity index (χ4n) is 2.20. The highest BCUT2D eigenvalue weighted by atomic mass is 32.1. The molecule has 3 heteroatoms. The van der Waals surface area contributed by atoms with Crippen molar-refractivity contribution in [2.75, 3.05) is 6.61 Å². The first kappa shape index (κ1) is 11.1. The predicted octanol–water partition coefficient (Wildman–Crippen LogP) is 2.43. The van der Waals surface area contributed by atoms with Gasteiger partial charge in [-0.2, -0.15) is 11.3 Å². The summed E-state index contributed by atoms with van der Waals surface area (Å²) in [6, 6.07) is 2.37. The summed E-state index contributed by atoms with van der Waals surface area (Å²) in [6.07, 6.45) is 3.56. The minimum Gasteiger partial charge on any atom is -0.376 e. The number of rotatable bonds is 4. The number of hydrogen-bond donors (Lipinski definition) is 1. The maximum Gasteiger partial charge on any atom is 0.0752 e. The van der Waals surface area contributed by atoms with Gasteiger partial charge in [0.1, 0.15) is 0 Å². The zero-order chi connectivity index (χ0) is 10.7. The number of hydrogen-bond acceptors (Lipinski definition) is 3. The van der Waals surface area contributed by atoms with Crippen molar-refractivity contribution in [2.24, 2.45) is 11.7 Å². The molecule has 0 bridgehead atoms. The summed E-state index contributed by atoms with van der Waals surface area (Å²) in [7, 11) is 0. The van der Waals surface area contributed by atoms with E-state index in [0.29, 0.717) is 5.92 Å². The molecule has 1 aliphatic heterocycles. The Morgan fingerprint density at radius 1 is 1.67 bits per heavy atom. The van der Waals surface area contributed by atoms with E-state index in [2.05, 4.69) is 23.8 Å². The Labute approximate surface area is 95.4 Å². The lowest BCUT2D eigenvalue weighted by Gasteiger charge is -2.22. The summed E-state index contributed by atoms with van der Waals surface area (Å²) in [6.45, 7) is 3.13. The Kier molecular flexibility index (Phi) is 3.78. The maximum atomic E-state index is 6.16. The van der Waals surface area contributed by atoms with E-state index in [0.717, 1.165) is 25.9 Å². The van der Waals surface area contributed by atoms with Crippen LogP contribution in [0.25, 0.3) is 0 Å². The van der Waals surface area contributed by atoms with E-state index in [1.807, 2.05) is 0 Å². The van der Waals surface area contributed by atoms with Gasteiger partial charge < -0.3 is 10.5 Å². The summed E-state index contributed by atoms with van der Waals surface area (Å²) in [5.41, 5.74) is 7.57. The second-order valence-electron chi connectivity index (χ2n) is 4.44. The molecule has 0 saturated carbocycles. The molecule has 2 nitrogen and oxygen atoms in total. The molecule has 2 N–H and O–H groups in total. The Hall–Kier alpha value is -0.380. The third-order valence-electron chi connectivity index (χ3n) is 3.21. The van der Waals surface area contributed by atoms with Crippen molar-refractivity contribution in [1.29, 1.82) is 0 Å². The fraction of sp³-hybridized carbons (Fsp3) is 0.667. The van der Waals surface area contributed by atoms with Gasteiger partial charge in [0.05, 0.1) is 6.10 Å². The Balaban J connectivity index is 1.79. The van der Waals surface area contributed by atoms with Gasteiger partial charge in [0.25, 0.3) is 0 Å². The average Bonchev–Trinajstić information content (AvgIpc) is 2.84. The standard InChI is InChI=1S/C12H19NOS/c1-9-4-6-14-12(9)11(13)3-2-10-5-7-15-8-10/h5,7-9,11-12H,2-4,6,13H2,1H3. The first-order valence-corrected chi connectivity index (χ1v) is 6.60. The molecule has 0 amide bonds. The highest BCUT2D eigenvalue weighted by Gasteiger charge is 2.29. The van der Waals surface area contributed by atoms with Crippen LogP contribution in [0.1, 0.15) is 25.3 Å². The van der Waals surface area contributed by atoms with Gasteiger partial charge >= 0.3 is 0 Å². The van der Waals surface area contributed by atoms with Crippen LogP contribution in [-0.2, 0) is 11.2 Å². The molecule has 3 unspecified atom stereocenters. The van der Waals surface area contributed by atoms with Gasteiger partial charge in [-0.05, 0) is 47.6 Å². The van der Waals surface area contributed by atoms with Gasteiger partial charge in [-0.25, -0.2) is 0 Å². The van der Waals surface area contributed by atoms with Crippen LogP contribution in [0.2, 0.25) is 0 Å². The summed E-state index contributed by atoms with van der Waals surface area (Å²) >= 11 is 1.75. The zero-order valence-electron chi connectivity index (χ0n) is 9.19. The van der Waals surface area contributed by atoms with E-state index >= 15 is 0 Å². The molecule has 0 radical (unpaired) electrons. The molecule has 1 aliphatic rings. The first-order chi connectivity index (χ1) is 7.27.